The zero-order chi connectivity index (χ0) is 21.3. The fourth-order valence-electron chi connectivity index (χ4n) is 3.22. The molecule has 0 N–H and O–H groups in total. The number of carbonyl (C=O) groups is 1. The molecule has 5 nitrogen and oxygen atoms in total. The van der Waals surface area contributed by atoms with Crippen LogP contribution in [0.4, 0.5) is 0 Å². The predicted octanol–water partition coefficient (Wildman–Crippen LogP) is 4.58. The van der Waals surface area contributed by atoms with Crippen molar-refractivity contribution < 1.29 is 4.79 Å². The molecule has 0 saturated heterocycles. The van der Waals surface area contributed by atoms with Gasteiger partial charge in [0, 0.05) is 32.1 Å². The monoisotopic (exact) mass is 435 g/mol. The smallest absolute Gasteiger partial charge is 0.263 e. The van der Waals surface area contributed by atoms with Gasteiger partial charge in [-0.25, -0.2) is 4.98 Å². The van der Waals surface area contributed by atoms with E-state index in [-0.39, 0.29) is 11.5 Å². The molecule has 30 heavy (non-hydrogen) atoms. The molecule has 0 fully saturated rings. The summed E-state index contributed by atoms with van der Waals surface area (Å²) < 4.78 is 1.55. The Morgan fingerprint density at radius 1 is 1.07 bits per heavy atom. The van der Waals surface area contributed by atoms with Crippen molar-refractivity contribution in [1.29, 1.82) is 0 Å². The van der Waals surface area contributed by atoms with Gasteiger partial charge in [-0.2, -0.15) is 0 Å². The minimum Gasteiger partial charge on any atom is -0.348 e. The van der Waals surface area contributed by atoms with Crippen molar-refractivity contribution in [3.63, 3.8) is 0 Å². The Balaban J connectivity index is 1.80. The summed E-state index contributed by atoms with van der Waals surface area (Å²) in [6.07, 6.45) is 0. The largest absolute Gasteiger partial charge is 0.348 e. The third kappa shape index (κ3) is 3.78. The van der Waals surface area contributed by atoms with Crippen molar-refractivity contribution in [3.05, 3.63) is 82.0 Å². The SMILES string of the molecule is CN(C)C(=O)[C@H](Sc1nc2scc(-c3ccccc3)c2c(=O)n1C)c1ccccc1. The van der Waals surface area contributed by atoms with Crippen LogP contribution in [0.5, 0.6) is 0 Å². The second-order valence-electron chi connectivity index (χ2n) is 7.10. The molecule has 0 bridgehead atoms. The van der Waals surface area contributed by atoms with E-state index in [1.165, 1.54) is 23.1 Å². The van der Waals surface area contributed by atoms with Crippen LogP contribution in [0.15, 0.2) is 76.0 Å². The molecular weight excluding hydrogens is 414 g/mol. The van der Waals surface area contributed by atoms with E-state index in [2.05, 4.69) is 0 Å². The van der Waals surface area contributed by atoms with Crippen molar-refractivity contribution in [1.82, 2.24) is 14.5 Å². The molecule has 152 valence electrons. The van der Waals surface area contributed by atoms with Crippen LogP contribution in [-0.4, -0.2) is 34.5 Å². The number of aromatic nitrogens is 2. The van der Waals surface area contributed by atoms with Gasteiger partial charge >= 0.3 is 0 Å². The summed E-state index contributed by atoms with van der Waals surface area (Å²) in [5.74, 6) is -0.0447. The Morgan fingerprint density at radius 3 is 2.33 bits per heavy atom. The maximum Gasteiger partial charge on any atom is 0.263 e. The lowest BCUT2D eigenvalue weighted by atomic mass is 10.1. The highest BCUT2D eigenvalue weighted by Crippen LogP contribution is 2.37. The number of fused-ring (bicyclic) bond motifs is 1. The van der Waals surface area contributed by atoms with Gasteiger partial charge in [-0.15, -0.1) is 11.3 Å². The number of hydrogen-bond acceptors (Lipinski definition) is 5. The fraction of sp³-hybridized carbons (Fsp3) is 0.174. The first-order valence-electron chi connectivity index (χ1n) is 9.43. The molecule has 0 unspecified atom stereocenters. The van der Waals surface area contributed by atoms with E-state index >= 15 is 0 Å². The molecule has 0 saturated carbocycles. The lowest BCUT2D eigenvalue weighted by Crippen LogP contribution is -2.28. The number of amides is 1. The van der Waals surface area contributed by atoms with Crippen molar-refractivity contribution in [2.45, 2.75) is 10.4 Å². The van der Waals surface area contributed by atoms with Crippen LogP contribution >= 0.6 is 23.1 Å². The average molecular weight is 436 g/mol. The van der Waals surface area contributed by atoms with Gasteiger partial charge in [0.25, 0.3) is 5.56 Å². The van der Waals surface area contributed by atoms with E-state index < -0.39 is 5.25 Å². The molecule has 2 heterocycles. The van der Waals surface area contributed by atoms with Crippen LogP contribution in [-0.2, 0) is 11.8 Å². The van der Waals surface area contributed by atoms with E-state index in [4.69, 9.17) is 4.98 Å². The van der Waals surface area contributed by atoms with Crippen LogP contribution in [0.3, 0.4) is 0 Å². The lowest BCUT2D eigenvalue weighted by Gasteiger charge is -2.21. The van der Waals surface area contributed by atoms with Gasteiger partial charge in [-0.1, -0.05) is 72.4 Å². The molecule has 4 aromatic rings. The topological polar surface area (TPSA) is 55.2 Å². The molecule has 2 aromatic carbocycles. The number of nitrogens with zero attached hydrogens (tertiary/aromatic N) is 3. The van der Waals surface area contributed by atoms with Gasteiger partial charge in [0.2, 0.25) is 5.91 Å². The van der Waals surface area contributed by atoms with Crippen molar-refractivity contribution >= 4 is 39.2 Å². The van der Waals surface area contributed by atoms with Crippen LogP contribution in [0.2, 0.25) is 0 Å². The molecule has 0 aliphatic carbocycles. The average Bonchev–Trinajstić information content (AvgIpc) is 3.20. The molecule has 0 spiro atoms. The Hall–Kier alpha value is -2.90. The first-order chi connectivity index (χ1) is 14.5. The third-order valence-corrected chi connectivity index (χ3v) is 7.01. The maximum atomic E-state index is 13.2. The number of carbonyl (C=O) groups excluding carboxylic acids is 1. The highest BCUT2D eigenvalue weighted by atomic mass is 32.2. The molecule has 0 radical (unpaired) electrons. The Kier molecular flexibility index (Phi) is 5.74. The van der Waals surface area contributed by atoms with E-state index in [0.717, 1.165) is 16.7 Å². The molecule has 0 aliphatic rings. The number of benzene rings is 2. The standard InChI is InChI=1S/C23H21N3O2S2/c1-25(2)22(28)19(16-12-8-5-9-13-16)30-23-24-20-18(21(27)26(23)3)17(14-29-20)15-10-6-4-7-11-15/h4-14,19H,1-3H3/t19-/m1/s1. The highest BCUT2D eigenvalue weighted by Gasteiger charge is 2.26. The third-order valence-electron chi connectivity index (χ3n) is 4.85. The zero-order valence-corrected chi connectivity index (χ0v) is 18.5. The Morgan fingerprint density at radius 2 is 1.70 bits per heavy atom. The lowest BCUT2D eigenvalue weighted by molar-refractivity contribution is -0.128. The molecule has 4 rings (SSSR count). The first-order valence-corrected chi connectivity index (χ1v) is 11.2. The van der Waals surface area contributed by atoms with Crippen LogP contribution in [0.25, 0.3) is 21.3 Å². The number of thioether (sulfide) groups is 1. The minimum atomic E-state index is -0.481. The zero-order valence-electron chi connectivity index (χ0n) is 16.9. The van der Waals surface area contributed by atoms with Gasteiger partial charge < -0.3 is 4.90 Å². The van der Waals surface area contributed by atoms with Crippen LogP contribution in [0, 0.1) is 0 Å². The quantitative estimate of drug-likeness (QED) is 0.340. The predicted molar refractivity (Wildman–Crippen MR) is 124 cm³/mol. The van der Waals surface area contributed by atoms with E-state index in [1.807, 2.05) is 66.0 Å². The van der Waals surface area contributed by atoms with E-state index in [9.17, 15) is 9.59 Å². The minimum absolute atomic E-state index is 0.0447. The number of thiophene rings is 1. The first kappa shape index (κ1) is 20.4. The number of hydrogen-bond donors (Lipinski definition) is 0. The van der Waals surface area contributed by atoms with E-state index in [0.29, 0.717) is 15.4 Å². The van der Waals surface area contributed by atoms with Crippen LogP contribution in [0.1, 0.15) is 10.8 Å². The normalized spacial score (nSPS) is 12.1. The summed E-state index contributed by atoms with van der Waals surface area (Å²) in [6, 6.07) is 19.4. The summed E-state index contributed by atoms with van der Waals surface area (Å²) in [4.78, 5) is 33.2. The molecular formula is C23H21N3O2S2. The molecule has 1 amide bonds. The van der Waals surface area contributed by atoms with Gasteiger partial charge in [0.05, 0.1) is 5.39 Å². The summed E-state index contributed by atoms with van der Waals surface area (Å²) in [6.45, 7) is 0. The van der Waals surface area contributed by atoms with Gasteiger partial charge in [-0.3, -0.25) is 14.2 Å². The molecule has 7 heteroatoms. The summed E-state index contributed by atoms with van der Waals surface area (Å²) in [7, 11) is 5.19. The Bertz CT molecular complexity index is 1250. The second-order valence-corrected chi connectivity index (χ2v) is 9.03. The summed E-state index contributed by atoms with van der Waals surface area (Å²) in [5.41, 5.74) is 2.66. The van der Waals surface area contributed by atoms with Gasteiger partial charge in [0.1, 0.15) is 10.1 Å². The summed E-state index contributed by atoms with van der Waals surface area (Å²) >= 11 is 2.76. The number of likely N-dealkylation sites (N-methyl/N-ethyl adjacent to an activating group) is 1. The van der Waals surface area contributed by atoms with Gasteiger partial charge in [-0.05, 0) is 11.1 Å². The van der Waals surface area contributed by atoms with E-state index in [1.54, 1.807) is 30.6 Å². The summed E-state index contributed by atoms with van der Waals surface area (Å²) in [5, 5.41) is 2.64. The van der Waals surface area contributed by atoms with Crippen LogP contribution < -0.4 is 5.56 Å². The van der Waals surface area contributed by atoms with Crippen molar-refractivity contribution in [3.8, 4) is 11.1 Å². The molecule has 1 atom stereocenters. The maximum absolute atomic E-state index is 13.2. The number of rotatable bonds is 5. The highest BCUT2D eigenvalue weighted by molar-refractivity contribution is 8.00. The Labute approximate surface area is 183 Å². The van der Waals surface area contributed by atoms with Crippen molar-refractivity contribution in [2.75, 3.05) is 14.1 Å². The van der Waals surface area contributed by atoms with Gasteiger partial charge in [0.15, 0.2) is 5.16 Å². The fourth-order valence-corrected chi connectivity index (χ4v) is 5.41. The molecule has 0 aliphatic heterocycles. The van der Waals surface area contributed by atoms with Crippen molar-refractivity contribution in [2.24, 2.45) is 7.05 Å². The second kappa shape index (κ2) is 8.45. The molecule has 2 aromatic heterocycles.